The second-order valence-electron chi connectivity index (χ2n) is 4.86. The summed E-state index contributed by atoms with van der Waals surface area (Å²) in [5.41, 5.74) is -0.455. The molecule has 0 fully saturated rings. The molecule has 1 aliphatic heterocycles. The molecule has 2 rings (SSSR count). The Morgan fingerprint density at radius 3 is 3.06 bits per heavy atom. The van der Waals surface area contributed by atoms with Crippen LogP contribution in [0.5, 0.6) is 6.01 Å². The summed E-state index contributed by atoms with van der Waals surface area (Å²) in [6, 6.07) is 1.81. The van der Waals surface area contributed by atoms with Gasteiger partial charge >= 0.3 is 0 Å². The maximum Gasteiger partial charge on any atom is 0.300 e. The van der Waals surface area contributed by atoms with E-state index in [9.17, 15) is 4.79 Å². The Morgan fingerprint density at radius 1 is 1.62 bits per heavy atom. The van der Waals surface area contributed by atoms with E-state index in [0.29, 0.717) is 19.2 Å². The second-order valence-corrected chi connectivity index (χ2v) is 4.86. The van der Waals surface area contributed by atoms with E-state index in [1.165, 1.54) is 6.07 Å². The molecule has 2 heterocycles. The standard InChI is InChI=1S/C11H16N2O3/c1-11(2,3)15-7-8-6-13-5-4-9(14)12-10(13)16-8/h4-5,8H,6-7H2,1-3H3. The SMILES string of the molecule is CC(C)(C)OCC1Cn2ccc(=O)nc2O1. The summed E-state index contributed by atoms with van der Waals surface area (Å²) in [5, 5.41) is 0. The van der Waals surface area contributed by atoms with Gasteiger partial charge in [0.1, 0.15) is 6.10 Å². The molecule has 0 spiro atoms. The van der Waals surface area contributed by atoms with Gasteiger partial charge in [0.25, 0.3) is 11.6 Å². The molecule has 5 nitrogen and oxygen atoms in total. The third-order valence-electron chi connectivity index (χ3n) is 2.22. The van der Waals surface area contributed by atoms with Gasteiger partial charge in [-0.3, -0.25) is 9.36 Å². The van der Waals surface area contributed by atoms with Crippen LogP contribution in [0.25, 0.3) is 0 Å². The van der Waals surface area contributed by atoms with Crippen molar-refractivity contribution >= 4 is 0 Å². The molecule has 0 saturated carbocycles. The van der Waals surface area contributed by atoms with Gasteiger partial charge < -0.3 is 9.47 Å². The average Bonchev–Trinajstić information content (AvgIpc) is 2.55. The fourth-order valence-corrected chi connectivity index (χ4v) is 1.48. The first-order chi connectivity index (χ1) is 7.44. The van der Waals surface area contributed by atoms with Gasteiger partial charge in [-0.2, -0.15) is 4.98 Å². The molecule has 0 aromatic carbocycles. The largest absolute Gasteiger partial charge is 0.457 e. The van der Waals surface area contributed by atoms with Crippen LogP contribution in [0.2, 0.25) is 0 Å². The third-order valence-corrected chi connectivity index (χ3v) is 2.22. The Labute approximate surface area is 94.0 Å². The average molecular weight is 224 g/mol. The van der Waals surface area contributed by atoms with E-state index in [1.54, 1.807) is 6.20 Å². The topological polar surface area (TPSA) is 53.4 Å². The van der Waals surface area contributed by atoms with Gasteiger partial charge in [-0.1, -0.05) is 0 Å². The zero-order chi connectivity index (χ0) is 11.8. The van der Waals surface area contributed by atoms with Crippen LogP contribution in [0.1, 0.15) is 20.8 Å². The first-order valence-electron chi connectivity index (χ1n) is 5.32. The molecule has 16 heavy (non-hydrogen) atoms. The number of aromatic nitrogens is 2. The monoisotopic (exact) mass is 224 g/mol. The van der Waals surface area contributed by atoms with E-state index < -0.39 is 0 Å². The zero-order valence-electron chi connectivity index (χ0n) is 9.77. The van der Waals surface area contributed by atoms with Crippen molar-refractivity contribution < 1.29 is 9.47 Å². The molecule has 1 aromatic rings. The first kappa shape index (κ1) is 11.1. The van der Waals surface area contributed by atoms with E-state index in [1.807, 2.05) is 25.3 Å². The quantitative estimate of drug-likeness (QED) is 0.746. The minimum absolute atomic E-state index is 0.0616. The van der Waals surface area contributed by atoms with Crippen molar-refractivity contribution in [2.45, 2.75) is 39.0 Å². The van der Waals surface area contributed by atoms with Crippen molar-refractivity contribution in [2.24, 2.45) is 0 Å². The van der Waals surface area contributed by atoms with Gasteiger partial charge in [-0.25, -0.2) is 0 Å². The molecule has 5 heteroatoms. The minimum Gasteiger partial charge on any atom is -0.457 e. The van der Waals surface area contributed by atoms with Crippen molar-refractivity contribution in [3.63, 3.8) is 0 Å². The lowest BCUT2D eigenvalue weighted by Gasteiger charge is -2.21. The Morgan fingerprint density at radius 2 is 2.38 bits per heavy atom. The first-order valence-corrected chi connectivity index (χ1v) is 5.32. The summed E-state index contributed by atoms with van der Waals surface area (Å²) >= 11 is 0. The Kier molecular flexibility index (Phi) is 2.71. The summed E-state index contributed by atoms with van der Waals surface area (Å²) in [5.74, 6) is 0. The second kappa shape index (κ2) is 3.90. The van der Waals surface area contributed by atoms with E-state index >= 15 is 0 Å². The molecule has 88 valence electrons. The molecule has 0 saturated heterocycles. The van der Waals surface area contributed by atoms with E-state index in [0.717, 1.165) is 0 Å². The predicted octanol–water partition coefficient (Wildman–Crippen LogP) is 0.819. The van der Waals surface area contributed by atoms with Crippen LogP contribution in [0.4, 0.5) is 0 Å². The number of rotatable bonds is 2. The number of fused-ring (bicyclic) bond motifs is 1. The highest BCUT2D eigenvalue weighted by Gasteiger charge is 2.25. The smallest absolute Gasteiger partial charge is 0.300 e. The van der Waals surface area contributed by atoms with Gasteiger partial charge in [0.2, 0.25) is 0 Å². The van der Waals surface area contributed by atoms with E-state index in [4.69, 9.17) is 9.47 Å². The van der Waals surface area contributed by atoms with Crippen molar-refractivity contribution in [1.82, 2.24) is 9.55 Å². The van der Waals surface area contributed by atoms with E-state index in [-0.39, 0.29) is 17.3 Å². The summed E-state index contributed by atoms with van der Waals surface area (Å²) in [7, 11) is 0. The lowest BCUT2D eigenvalue weighted by molar-refractivity contribution is -0.0381. The van der Waals surface area contributed by atoms with Crippen molar-refractivity contribution in [1.29, 1.82) is 0 Å². The minimum atomic E-state index is -0.274. The number of hydrogen-bond donors (Lipinski definition) is 0. The van der Waals surface area contributed by atoms with Crippen LogP contribution in [-0.2, 0) is 11.3 Å². The Hall–Kier alpha value is -1.36. The van der Waals surface area contributed by atoms with Gasteiger partial charge in [0.15, 0.2) is 0 Å². The fourth-order valence-electron chi connectivity index (χ4n) is 1.48. The third kappa shape index (κ3) is 2.61. The van der Waals surface area contributed by atoms with Gasteiger partial charge in [0.05, 0.1) is 18.8 Å². The molecule has 1 aromatic heterocycles. The van der Waals surface area contributed by atoms with Crippen LogP contribution < -0.4 is 10.3 Å². The maximum atomic E-state index is 11.0. The number of ether oxygens (including phenoxy) is 2. The van der Waals surface area contributed by atoms with Gasteiger partial charge in [-0.05, 0) is 20.8 Å². The fraction of sp³-hybridized carbons (Fsp3) is 0.636. The molecule has 1 unspecified atom stereocenters. The highest BCUT2D eigenvalue weighted by molar-refractivity contribution is 5.04. The van der Waals surface area contributed by atoms with Crippen molar-refractivity contribution in [2.75, 3.05) is 6.61 Å². The Bertz CT molecular complexity index is 434. The molecule has 0 amide bonds. The van der Waals surface area contributed by atoms with Crippen molar-refractivity contribution in [3.05, 3.63) is 22.6 Å². The molecule has 0 bridgehead atoms. The molecular formula is C11H16N2O3. The van der Waals surface area contributed by atoms with Crippen LogP contribution >= 0.6 is 0 Å². The molecule has 1 atom stereocenters. The predicted molar refractivity (Wildman–Crippen MR) is 58.6 cm³/mol. The van der Waals surface area contributed by atoms with Crippen LogP contribution in [0, 0.1) is 0 Å². The summed E-state index contributed by atoms with van der Waals surface area (Å²) < 4.78 is 13.0. The lowest BCUT2D eigenvalue weighted by Crippen LogP contribution is -2.29. The van der Waals surface area contributed by atoms with Crippen LogP contribution in [-0.4, -0.2) is 27.9 Å². The zero-order valence-corrected chi connectivity index (χ0v) is 9.77. The van der Waals surface area contributed by atoms with Crippen LogP contribution in [0.15, 0.2) is 17.1 Å². The summed E-state index contributed by atoms with van der Waals surface area (Å²) in [6.45, 7) is 7.17. The summed E-state index contributed by atoms with van der Waals surface area (Å²) in [4.78, 5) is 14.8. The van der Waals surface area contributed by atoms with E-state index in [2.05, 4.69) is 4.98 Å². The maximum absolute atomic E-state index is 11.0. The number of hydrogen-bond acceptors (Lipinski definition) is 4. The van der Waals surface area contributed by atoms with Gasteiger partial charge in [0, 0.05) is 12.3 Å². The molecular weight excluding hydrogens is 208 g/mol. The van der Waals surface area contributed by atoms with Crippen LogP contribution in [0.3, 0.4) is 0 Å². The van der Waals surface area contributed by atoms with Crippen molar-refractivity contribution in [3.8, 4) is 6.01 Å². The highest BCUT2D eigenvalue weighted by Crippen LogP contribution is 2.18. The highest BCUT2D eigenvalue weighted by atomic mass is 16.6. The molecule has 1 aliphatic rings. The molecule has 0 aliphatic carbocycles. The lowest BCUT2D eigenvalue weighted by atomic mass is 10.2. The normalized spacial score (nSPS) is 19.3. The molecule has 0 radical (unpaired) electrons. The number of nitrogens with zero attached hydrogens (tertiary/aromatic N) is 2. The van der Waals surface area contributed by atoms with Gasteiger partial charge in [-0.15, -0.1) is 0 Å². The Balaban J connectivity index is 1.98. The summed E-state index contributed by atoms with van der Waals surface area (Å²) in [6.07, 6.45) is 1.63. The molecule has 0 N–H and O–H groups in total.